The van der Waals surface area contributed by atoms with Crippen molar-refractivity contribution < 1.29 is 32.6 Å². The zero-order chi connectivity index (χ0) is 35.2. The van der Waals surface area contributed by atoms with E-state index in [1.165, 1.54) is 75.1 Å². The van der Waals surface area contributed by atoms with Crippen LogP contribution in [0.2, 0.25) is 0 Å². The summed E-state index contributed by atoms with van der Waals surface area (Å²) in [5.41, 5.74) is 4.60. The highest BCUT2D eigenvalue weighted by atomic mass is 19.4. The lowest BCUT2D eigenvalue weighted by Gasteiger charge is -2.21. The first-order valence-electron chi connectivity index (χ1n) is 17.9. The Morgan fingerprint density at radius 3 is 1.82 bits per heavy atom. The van der Waals surface area contributed by atoms with E-state index in [4.69, 9.17) is 4.74 Å². The Morgan fingerprint density at radius 1 is 0.673 bits per heavy atom. The standard InChI is InChI=1S/C42H49F3O4/c1-3-5-7-9-10-11-12-13-15-30-17-19-31(20-18-30)32-21-23-33(24-22-32)39-36-27-26-35(29-34(36)25-28-37(39)40(46)47)41(48)49-38(42(43,44)45)16-14-8-6-4-2/h17-29,38H,3-16H2,1-2H3,(H,46,47). The Bertz CT molecular complexity index is 1640. The van der Waals surface area contributed by atoms with Crippen molar-refractivity contribution >= 4 is 22.7 Å². The third kappa shape index (κ3) is 10.9. The Morgan fingerprint density at radius 2 is 1.22 bits per heavy atom. The molecule has 4 nitrogen and oxygen atoms in total. The van der Waals surface area contributed by atoms with Crippen molar-refractivity contribution in [1.29, 1.82) is 0 Å². The Hall–Kier alpha value is -4.13. The molecule has 0 bridgehead atoms. The van der Waals surface area contributed by atoms with E-state index in [9.17, 15) is 27.9 Å². The molecule has 1 atom stereocenters. The summed E-state index contributed by atoms with van der Waals surface area (Å²) in [5.74, 6) is -2.16. The van der Waals surface area contributed by atoms with Gasteiger partial charge in [-0.25, -0.2) is 9.59 Å². The van der Waals surface area contributed by atoms with E-state index in [0.29, 0.717) is 34.7 Å². The van der Waals surface area contributed by atoms with Gasteiger partial charge in [-0.3, -0.25) is 0 Å². The van der Waals surface area contributed by atoms with Crippen molar-refractivity contribution in [2.24, 2.45) is 0 Å². The van der Waals surface area contributed by atoms with Crippen LogP contribution in [0.15, 0.2) is 78.9 Å². The zero-order valence-corrected chi connectivity index (χ0v) is 28.8. The number of carboxylic acids is 1. The quantitative estimate of drug-likeness (QED) is 0.0794. The van der Waals surface area contributed by atoms with Crippen LogP contribution in [0.25, 0.3) is 33.0 Å². The van der Waals surface area contributed by atoms with Gasteiger partial charge >= 0.3 is 18.1 Å². The van der Waals surface area contributed by atoms with Gasteiger partial charge < -0.3 is 9.84 Å². The second-order valence-electron chi connectivity index (χ2n) is 13.0. The van der Waals surface area contributed by atoms with Gasteiger partial charge in [0.2, 0.25) is 0 Å². The highest BCUT2D eigenvalue weighted by Crippen LogP contribution is 2.35. The predicted molar refractivity (Wildman–Crippen MR) is 192 cm³/mol. The normalized spacial score (nSPS) is 12.3. The molecule has 4 rings (SSSR count). The minimum Gasteiger partial charge on any atom is -0.478 e. The van der Waals surface area contributed by atoms with Gasteiger partial charge in [0.25, 0.3) is 0 Å². The number of rotatable bonds is 19. The number of carbonyl (C=O) groups excluding carboxylic acids is 1. The molecule has 4 aromatic rings. The summed E-state index contributed by atoms with van der Waals surface area (Å²) in [6, 6.07) is 23.7. The molecule has 4 aromatic carbocycles. The molecule has 0 heterocycles. The van der Waals surface area contributed by atoms with Crippen LogP contribution in [-0.4, -0.2) is 29.3 Å². The van der Waals surface area contributed by atoms with Gasteiger partial charge in [-0.05, 0) is 76.9 Å². The summed E-state index contributed by atoms with van der Waals surface area (Å²) < 4.78 is 45.9. The molecule has 0 radical (unpaired) electrons. The number of benzene rings is 4. The van der Waals surface area contributed by atoms with Crippen LogP contribution >= 0.6 is 0 Å². The molecule has 7 heteroatoms. The molecule has 49 heavy (non-hydrogen) atoms. The highest BCUT2D eigenvalue weighted by molar-refractivity contribution is 6.09. The number of ether oxygens (including phenoxy) is 1. The van der Waals surface area contributed by atoms with Crippen molar-refractivity contribution in [2.75, 3.05) is 0 Å². The fourth-order valence-electron chi connectivity index (χ4n) is 6.35. The number of hydrogen-bond acceptors (Lipinski definition) is 3. The Balaban J connectivity index is 1.47. The van der Waals surface area contributed by atoms with Crippen molar-refractivity contribution in [2.45, 2.75) is 116 Å². The van der Waals surface area contributed by atoms with Gasteiger partial charge in [0.15, 0.2) is 6.10 Å². The molecule has 0 aliphatic rings. The number of fused-ring (bicyclic) bond motifs is 1. The average Bonchev–Trinajstić information content (AvgIpc) is 3.09. The van der Waals surface area contributed by atoms with E-state index in [1.807, 2.05) is 31.2 Å². The van der Waals surface area contributed by atoms with Crippen LogP contribution in [0.1, 0.15) is 124 Å². The number of unbranched alkanes of at least 4 members (excludes halogenated alkanes) is 10. The lowest BCUT2D eigenvalue weighted by Crippen LogP contribution is -2.33. The van der Waals surface area contributed by atoms with Crippen molar-refractivity contribution in [3.05, 3.63) is 95.6 Å². The number of carboxylic acid groups (broad SMARTS) is 1. The predicted octanol–water partition coefficient (Wildman–Crippen LogP) is 12.6. The molecule has 0 aliphatic heterocycles. The van der Waals surface area contributed by atoms with Crippen LogP contribution in [-0.2, 0) is 11.2 Å². The maximum Gasteiger partial charge on any atom is 0.425 e. The Kier molecular flexibility index (Phi) is 14.3. The van der Waals surface area contributed by atoms with E-state index < -0.39 is 24.2 Å². The van der Waals surface area contributed by atoms with E-state index in [1.54, 1.807) is 12.1 Å². The van der Waals surface area contributed by atoms with Crippen LogP contribution < -0.4 is 0 Å². The van der Waals surface area contributed by atoms with Gasteiger partial charge in [0.1, 0.15) is 0 Å². The first kappa shape index (κ1) is 37.7. The van der Waals surface area contributed by atoms with Gasteiger partial charge in [-0.1, -0.05) is 139 Å². The number of aryl methyl sites for hydroxylation is 1. The number of alkyl halides is 3. The van der Waals surface area contributed by atoms with Crippen molar-refractivity contribution in [3.8, 4) is 22.3 Å². The minimum absolute atomic E-state index is 0.0227. The zero-order valence-electron chi connectivity index (χ0n) is 28.8. The third-order valence-corrected chi connectivity index (χ3v) is 9.20. The fraction of sp³-hybridized carbons (Fsp3) is 0.429. The molecule has 0 saturated carbocycles. The summed E-state index contributed by atoms with van der Waals surface area (Å²) in [7, 11) is 0. The molecule has 262 valence electrons. The van der Waals surface area contributed by atoms with Crippen molar-refractivity contribution in [1.82, 2.24) is 0 Å². The van der Waals surface area contributed by atoms with Gasteiger partial charge in [-0.2, -0.15) is 13.2 Å². The molecule has 0 aromatic heterocycles. The first-order valence-corrected chi connectivity index (χ1v) is 17.9. The van der Waals surface area contributed by atoms with Crippen LogP contribution in [0.5, 0.6) is 0 Å². The molecule has 0 spiro atoms. The average molecular weight is 675 g/mol. The Labute approximate surface area is 288 Å². The second-order valence-corrected chi connectivity index (χ2v) is 13.0. The second kappa shape index (κ2) is 18.6. The summed E-state index contributed by atoms with van der Waals surface area (Å²) in [4.78, 5) is 25.1. The van der Waals surface area contributed by atoms with E-state index in [-0.39, 0.29) is 17.5 Å². The van der Waals surface area contributed by atoms with Crippen LogP contribution in [0.3, 0.4) is 0 Å². The number of esters is 1. The van der Waals surface area contributed by atoms with Crippen molar-refractivity contribution in [3.63, 3.8) is 0 Å². The smallest absolute Gasteiger partial charge is 0.425 e. The lowest BCUT2D eigenvalue weighted by molar-refractivity contribution is -0.206. The van der Waals surface area contributed by atoms with Crippen LogP contribution in [0.4, 0.5) is 13.2 Å². The van der Waals surface area contributed by atoms with E-state index in [2.05, 4.69) is 31.2 Å². The van der Waals surface area contributed by atoms with E-state index in [0.717, 1.165) is 30.4 Å². The fourth-order valence-corrected chi connectivity index (χ4v) is 6.35. The SMILES string of the molecule is CCCCCCCCCCc1ccc(-c2ccc(-c3c(C(=O)O)ccc4cc(C(=O)OC(CCCCCC)C(F)(F)F)ccc34)cc2)cc1. The van der Waals surface area contributed by atoms with Gasteiger partial charge in [0.05, 0.1) is 11.1 Å². The van der Waals surface area contributed by atoms with E-state index >= 15 is 0 Å². The van der Waals surface area contributed by atoms with Crippen LogP contribution in [0, 0.1) is 0 Å². The van der Waals surface area contributed by atoms with Gasteiger partial charge in [0, 0.05) is 5.56 Å². The maximum absolute atomic E-state index is 13.6. The molecule has 1 unspecified atom stereocenters. The molecule has 0 amide bonds. The molecule has 1 N–H and O–H groups in total. The maximum atomic E-state index is 13.6. The monoisotopic (exact) mass is 674 g/mol. The number of halogens is 3. The minimum atomic E-state index is -4.66. The number of hydrogen-bond donors (Lipinski definition) is 1. The molecule has 0 fully saturated rings. The topological polar surface area (TPSA) is 63.6 Å². The summed E-state index contributed by atoms with van der Waals surface area (Å²) in [6.45, 7) is 4.21. The lowest BCUT2D eigenvalue weighted by atomic mass is 9.91. The molecular weight excluding hydrogens is 625 g/mol. The molecule has 0 saturated heterocycles. The van der Waals surface area contributed by atoms with Gasteiger partial charge in [-0.15, -0.1) is 0 Å². The third-order valence-electron chi connectivity index (χ3n) is 9.20. The summed E-state index contributed by atoms with van der Waals surface area (Å²) in [5, 5.41) is 11.1. The summed E-state index contributed by atoms with van der Waals surface area (Å²) >= 11 is 0. The highest BCUT2D eigenvalue weighted by Gasteiger charge is 2.42. The largest absolute Gasteiger partial charge is 0.478 e. The molecular formula is C42H49F3O4. The first-order chi connectivity index (χ1) is 23.6. The summed E-state index contributed by atoms with van der Waals surface area (Å²) in [6.07, 6.45) is 6.95. The number of aromatic carboxylic acids is 1. The number of carbonyl (C=O) groups is 2. The molecule has 0 aliphatic carbocycles.